The number of halogens is 2. The van der Waals surface area contributed by atoms with Gasteiger partial charge in [0.05, 0.1) is 17.0 Å². The van der Waals surface area contributed by atoms with Crippen molar-refractivity contribution in [2.45, 2.75) is 11.3 Å². The number of hydrogen-bond acceptors (Lipinski definition) is 3. The van der Waals surface area contributed by atoms with Crippen LogP contribution in [-0.4, -0.2) is 26.0 Å². The molecular weight excluding hydrogens is 328 g/mol. The maximum absolute atomic E-state index is 13.0. The van der Waals surface area contributed by atoms with Gasteiger partial charge < -0.3 is 5.11 Å². The van der Waals surface area contributed by atoms with Gasteiger partial charge in [0.15, 0.2) is 0 Å². The highest BCUT2D eigenvalue weighted by Crippen LogP contribution is 2.24. The number of carbonyl (C=O) groups is 1. The summed E-state index contributed by atoms with van der Waals surface area (Å²) in [6.07, 6.45) is -0.433. The fourth-order valence-electron chi connectivity index (χ4n) is 1.93. The molecule has 0 fully saturated rings. The molecule has 0 aliphatic rings. The second kappa shape index (κ2) is 6.74. The average Bonchev–Trinajstić information content (AvgIpc) is 2.49. The third-order valence-corrected chi connectivity index (χ3v) is 4.89. The van der Waals surface area contributed by atoms with E-state index >= 15 is 0 Å². The van der Waals surface area contributed by atoms with Gasteiger partial charge in [0.2, 0.25) is 0 Å². The third kappa shape index (κ3) is 4.04. The summed E-state index contributed by atoms with van der Waals surface area (Å²) in [5.41, 5.74) is 0.122. The molecule has 2 rings (SSSR count). The van der Waals surface area contributed by atoms with Crippen molar-refractivity contribution in [3.63, 3.8) is 0 Å². The Kier molecular flexibility index (Phi) is 4.95. The van der Waals surface area contributed by atoms with Gasteiger partial charge in [-0.1, -0.05) is 0 Å². The van der Waals surface area contributed by atoms with Gasteiger partial charge >= 0.3 is 5.97 Å². The van der Waals surface area contributed by atoms with E-state index in [-0.39, 0.29) is 17.1 Å². The molecule has 0 aliphatic heterocycles. The number of sulfonamides is 1. The van der Waals surface area contributed by atoms with Crippen LogP contribution in [0.15, 0.2) is 53.4 Å². The summed E-state index contributed by atoms with van der Waals surface area (Å²) in [6.45, 7) is -0.333. The van der Waals surface area contributed by atoms with E-state index in [0.717, 1.165) is 40.7 Å². The molecule has 1 N–H and O–H groups in total. The minimum absolute atomic E-state index is 0.122. The first-order valence-electron chi connectivity index (χ1n) is 6.56. The minimum atomic E-state index is -4.10. The Balaban J connectivity index is 2.44. The monoisotopic (exact) mass is 341 g/mol. The van der Waals surface area contributed by atoms with Crippen LogP contribution in [0.3, 0.4) is 0 Å². The highest BCUT2D eigenvalue weighted by molar-refractivity contribution is 7.92. The quantitative estimate of drug-likeness (QED) is 0.876. The molecule has 0 radical (unpaired) electrons. The molecule has 5 nitrogen and oxygen atoms in total. The van der Waals surface area contributed by atoms with E-state index in [4.69, 9.17) is 5.11 Å². The van der Waals surface area contributed by atoms with Gasteiger partial charge in [0.1, 0.15) is 11.6 Å². The summed E-state index contributed by atoms with van der Waals surface area (Å²) in [6, 6.07) is 8.77. The largest absolute Gasteiger partial charge is 0.481 e. The van der Waals surface area contributed by atoms with Crippen molar-refractivity contribution in [2.75, 3.05) is 10.8 Å². The maximum atomic E-state index is 13.0. The van der Waals surface area contributed by atoms with Crippen LogP contribution < -0.4 is 4.31 Å². The molecular formula is C15H13F2NO4S. The Morgan fingerprint density at radius 2 is 1.43 bits per heavy atom. The predicted octanol–water partition coefficient (Wildman–Crippen LogP) is 2.63. The third-order valence-electron chi connectivity index (χ3n) is 3.05. The molecule has 2 aromatic carbocycles. The molecule has 0 heterocycles. The Labute approximate surface area is 131 Å². The van der Waals surface area contributed by atoms with Crippen LogP contribution in [0.5, 0.6) is 0 Å². The molecule has 23 heavy (non-hydrogen) atoms. The van der Waals surface area contributed by atoms with Crippen LogP contribution in [-0.2, 0) is 14.8 Å². The van der Waals surface area contributed by atoms with E-state index in [2.05, 4.69) is 0 Å². The van der Waals surface area contributed by atoms with Crippen LogP contribution in [0.2, 0.25) is 0 Å². The second-order valence-corrected chi connectivity index (χ2v) is 6.51. The molecule has 2 aromatic rings. The highest BCUT2D eigenvalue weighted by Gasteiger charge is 2.25. The van der Waals surface area contributed by atoms with Crippen LogP contribution in [0, 0.1) is 11.6 Å². The minimum Gasteiger partial charge on any atom is -0.481 e. The van der Waals surface area contributed by atoms with E-state index in [1.54, 1.807) is 0 Å². The summed E-state index contributed by atoms with van der Waals surface area (Å²) in [7, 11) is -4.10. The van der Waals surface area contributed by atoms with Gasteiger partial charge in [0, 0.05) is 6.54 Å². The van der Waals surface area contributed by atoms with Crippen molar-refractivity contribution in [3.05, 3.63) is 60.2 Å². The van der Waals surface area contributed by atoms with Crippen LogP contribution >= 0.6 is 0 Å². The van der Waals surface area contributed by atoms with Crippen molar-refractivity contribution in [1.29, 1.82) is 0 Å². The van der Waals surface area contributed by atoms with Crippen LogP contribution in [0.4, 0.5) is 14.5 Å². The first-order valence-corrected chi connectivity index (χ1v) is 8.00. The number of aliphatic carboxylic acids is 1. The van der Waals surface area contributed by atoms with E-state index < -0.39 is 34.0 Å². The molecule has 0 atom stereocenters. The molecule has 0 amide bonds. The summed E-state index contributed by atoms with van der Waals surface area (Å²) in [5, 5.41) is 8.79. The zero-order valence-corrected chi connectivity index (χ0v) is 12.6. The number of carboxylic acid groups (broad SMARTS) is 1. The first kappa shape index (κ1) is 16.9. The topological polar surface area (TPSA) is 74.7 Å². The highest BCUT2D eigenvalue weighted by atomic mass is 32.2. The van der Waals surface area contributed by atoms with E-state index in [1.165, 1.54) is 12.1 Å². The number of carboxylic acids is 1. The summed E-state index contributed by atoms with van der Waals surface area (Å²) in [5.74, 6) is -2.32. The van der Waals surface area contributed by atoms with Crippen molar-refractivity contribution in [2.24, 2.45) is 0 Å². The van der Waals surface area contributed by atoms with Gasteiger partial charge in [-0.25, -0.2) is 17.2 Å². The van der Waals surface area contributed by atoms with Gasteiger partial charge in [-0.05, 0) is 48.5 Å². The number of rotatable bonds is 6. The van der Waals surface area contributed by atoms with Gasteiger partial charge in [-0.3, -0.25) is 9.10 Å². The normalized spacial score (nSPS) is 11.2. The van der Waals surface area contributed by atoms with Crippen molar-refractivity contribution in [3.8, 4) is 0 Å². The maximum Gasteiger partial charge on any atom is 0.305 e. The molecule has 0 unspecified atom stereocenters. The van der Waals surface area contributed by atoms with E-state index in [1.807, 2.05) is 0 Å². The van der Waals surface area contributed by atoms with Crippen LogP contribution in [0.25, 0.3) is 0 Å². The van der Waals surface area contributed by atoms with Gasteiger partial charge in [-0.2, -0.15) is 0 Å². The van der Waals surface area contributed by atoms with Crippen molar-refractivity contribution >= 4 is 21.7 Å². The SMILES string of the molecule is O=C(O)CCN(c1ccc(F)cc1)S(=O)(=O)c1ccc(F)cc1. The lowest BCUT2D eigenvalue weighted by Crippen LogP contribution is -2.33. The molecule has 0 saturated carbocycles. The lowest BCUT2D eigenvalue weighted by atomic mass is 10.3. The summed E-state index contributed by atoms with van der Waals surface area (Å²) >= 11 is 0. The second-order valence-electron chi connectivity index (χ2n) is 4.65. The molecule has 8 heteroatoms. The molecule has 0 aliphatic carbocycles. The van der Waals surface area contributed by atoms with Crippen molar-refractivity contribution in [1.82, 2.24) is 0 Å². The molecule has 122 valence electrons. The molecule has 0 bridgehead atoms. The fraction of sp³-hybridized carbons (Fsp3) is 0.133. The Morgan fingerprint density at radius 3 is 1.91 bits per heavy atom. The van der Waals surface area contributed by atoms with E-state index in [0.29, 0.717) is 0 Å². The zero-order chi connectivity index (χ0) is 17.0. The Bertz CT molecular complexity index is 789. The lowest BCUT2D eigenvalue weighted by molar-refractivity contribution is -0.136. The fourth-order valence-corrected chi connectivity index (χ4v) is 3.39. The lowest BCUT2D eigenvalue weighted by Gasteiger charge is -2.24. The van der Waals surface area contributed by atoms with Gasteiger partial charge in [0.25, 0.3) is 10.0 Å². The number of hydrogen-bond donors (Lipinski definition) is 1. The Morgan fingerprint density at radius 1 is 0.957 bits per heavy atom. The zero-order valence-electron chi connectivity index (χ0n) is 11.8. The molecule has 0 spiro atoms. The number of anilines is 1. The van der Waals surface area contributed by atoms with Gasteiger partial charge in [-0.15, -0.1) is 0 Å². The number of nitrogens with zero attached hydrogens (tertiary/aromatic N) is 1. The first-order chi connectivity index (χ1) is 10.8. The molecule has 0 saturated heterocycles. The Hall–Kier alpha value is -2.48. The average molecular weight is 341 g/mol. The summed E-state index contributed by atoms with van der Waals surface area (Å²) < 4.78 is 52.2. The van der Waals surface area contributed by atoms with Crippen LogP contribution in [0.1, 0.15) is 6.42 Å². The van der Waals surface area contributed by atoms with Crippen molar-refractivity contribution < 1.29 is 27.1 Å². The molecule has 0 aromatic heterocycles. The standard InChI is InChI=1S/C15H13F2NO4S/c16-11-1-5-13(6-2-11)18(10-9-15(19)20)23(21,22)14-7-3-12(17)4-8-14/h1-8H,9-10H2,(H,19,20). The smallest absolute Gasteiger partial charge is 0.305 e. The predicted molar refractivity (Wildman–Crippen MR) is 79.6 cm³/mol. The summed E-state index contributed by atoms with van der Waals surface area (Å²) in [4.78, 5) is 10.6. The van der Waals surface area contributed by atoms with E-state index in [9.17, 15) is 22.0 Å². The number of benzene rings is 2.